The molecule has 0 bridgehead atoms. The summed E-state index contributed by atoms with van der Waals surface area (Å²) in [4.78, 5) is 2.73. The second-order valence-electron chi connectivity index (χ2n) is 3.37. The molecular weight excluding hydrogens is 218 g/mol. The van der Waals surface area contributed by atoms with Crippen LogP contribution in [0.3, 0.4) is 0 Å². The summed E-state index contributed by atoms with van der Waals surface area (Å²) in [6.07, 6.45) is 1.75. The first-order chi connectivity index (χ1) is 8.29. The van der Waals surface area contributed by atoms with E-state index in [9.17, 15) is 0 Å². The Bertz CT molecular complexity index is 499. The van der Waals surface area contributed by atoms with Crippen molar-refractivity contribution in [2.45, 2.75) is 0 Å². The number of azide groups is 1. The van der Waals surface area contributed by atoms with Crippen LogP contribution >= 0.6 is 0 Å². The lowest BCUT2D eigenvalue weighted by Crippen LogP contribution is -2.32. The number of para-hydroxylation sites is 1. The van der Waals surface area contributed by atoms with E-state index in [2.05, 4.69) is 26.0 Å². The summed E-state index contributed by atoms with van der Waals surface area (Å²) in [5, 5.41) is 12.2. The lowest BCUT2D eigenvalue weighted by molar-refractivity contribution is 0.331. The van der Waals surface area contributed by atoms with E-state index >= 15 is 0 Å². The smallest absolute Gasteiger partial charge is 0.173 e. The van der Waals surface area contributed by atoms with Crippen LogP contribution in [0.15, 0.2) is 52.4 Å². The average molecular weight is 229 g/mol. The molecule has 0 aromatic heterocycles. The lowest BCUT2D eigenvalue weighted by atomic mass is 10.3. The fourth-order valence-corrected chi connectivity index (χ4v) is 1.35. The van der Waals surface area contributed by atoms with E-state index in [1.165, 1.54) is 0 Å². The zero-order valence-corrected chi connectivity index (χ0v) is 9.20. The Balaban J connectivity index is 2.23. The van der Waals surface area contributed by atoms with Gasteiger partial charge in [0.25, 0.3) is 0 Å². The molecule has 1 heterocycles. The van der Waals surface area contributed by atoms with Gasteiger partial charge in [-0.05, 0) is 22.8 Å². The highest BCUT2D eigenvalue weighted by Gasteiger charge is 2.11. The molecular formula is C10H11N7. The van der Waals surface area contributed by atoms with Crippen LogP contribution < -0.4 is 10.9 Å². The van der Waals surface area contributed by atoms with Gasteiger partial charge in [0.15, 0.2) is 5.84 Å². The summed E-state index contributed by atoms with van der Waals surface area (Å²) in [7, 11) is 1.79. The number of anilines is 1. The van der Waals surface area contributed by atoms with Crippen LogP contribution in [0.4, 0.5) is 5.69 Å². The summed E-state index contributed by atoms with van der Waals surface area (Å²) in [6.45, 7) is 0. The molecule has 1 aliphatic rings. The molecule has 0 aliphatic carbocycles. The van der Waals surface area contributed by atoms with Crippen molar-refractivity contribution in [1.82, 2.24) is 10.5 Å². The average Bonchev–Trinajstić information content (AvgIpc) is 2.34. The van der Waals surface area contributed by atoms with Gasteiger partial charge in [-0.3, -0.25) is 5.01 Å². The zero-order valence-electron chi connectivity index (χ0n) is 9.20. The molecule has 2 N–H and O–H groups in total. The molecule has 86 valence electrons. The molecule has 0 amide bonds. The number of nitrogens with zero attached hydrogens (tertiary/aromatic N) is 5. The Morgan fingerprint density at radius 2 is 2.18 bits per heavy atom. The Kier molecular flexibility index (Phi) is 3.13. The van der Waals surface area contributed by atoms with Gasteiger partial charge in [-0.1, -0.05) is 18.2 Å². The maximum atomic E-state index is 8.45. The normalized spacial score (nSPS) is 14.1. The van der Waals surface area contributed by atoms with Gasteiger partial charge in [-0.15, -0.1) is 0 Å². The van der Waals surface area contributed by atoms with E-state index in [1.54, 1.807) is 18.3 Å². The molecule has 0 atom stereocenters. The van der Waals surface area contributed by atoms with Gasteiger partial charge < -0.3 is 5.32 Å². The standard InChI is InChI=1S/C10H11N7/c1-17-7-9(10(13-15-11)14-16-17)12-8-5-3-2-4-6-8/h2-7,12,16H,1H3. The van der Waals surface area contributed by atoms with Gasteiger partial charge in [0.1, 0.15) is 0 Å². The molecule has 0 radical (unpaired) electrons. The Morgan fingerprint density at radius 3 is 2.88 bits per heavy atom. The molecule has 7 heteroatoms. The quantitative estimate of drug-likeness (QED) is 0.462. The molecule has 0 spiro atoms. The maximum Gasteiger partial charge on any atom is 0.173 e. The minimum atomic E-state index is 0.273. The van der Waals surface area contributed by atoms with Crippen LogP contribution in [0, 0.1) is 0 Å². The largest absolute Gasteiger partial charge is 0.353 e. The van der Waals surface area contributed by atoms with Crippen molar-refractivity contribution in [2.75, 3.05) is 12.4 Å². The number of rotatable bonds is 2. The summed E-state index contributed by atoms with van der Waals surface area (Å²) in [5.74, 6) is 0.273. The van der Waals surface area contributed by atoms with E-state index in [-0.39, 0.29) is 5.84 Å². The molecule has 1 aromatic carbocycles. The molecule has 1 aliphatic heterocycles. The first kappa shape index (κ1) is 10.8. The molecule has 7 nitrogen and oxygen atoms in total. The third-order valence-corrected chi connectivity index (χ3v) is 2.07. The second-order valence-corrected chi connectivity index (χ2v) is 3.37. The second kappa shape index (κ2) is 4.91. The van der Waals surface area contributed by atoms with Crippen LogP contribution in [0.2, 0.25) is 0 Å². The number of nitrogens with one attached hydrogen (secondary N) is 2. The molecule has 0 unspecified atom stereocenters. The molecule has 0 fully saturated rings. The number of hydrogen-bond acceptors (Lipinski definition) is 5. The fraction of sp³-hybridized carbons (Fsp3) is 0.100. The minimum Gasteiger partial charge on any atom is -0.353 e. The Hall–Kier alpha value is -2.66. The van der Waals surface area contributed by atoms with Crippen molar-refractivity contribution in [3.05, 3.63) is 52.7 Å². The van der Waals surface area contributed by atoms with Crippen LogP contribution in [0.1, 0.15) is 0 Å². The van der Waals surface area contributed by atoms with Gasteiger partial charge in [0.05, 0.1) is 5.70 Å². The summed E-state index contributed by atoms with van der Waals surface area (Å²) in [5.41, 5.74) is 12.7. The van der Waals surface area contributed by atoms with Crippen LogP contribution in [-0.4, -0.2) is 17.9 Å². The van der Waals surface area contributed by atoms with Gasteiger partial charge in [-0.25, -0.2) is 5.53 Å². The van der Waals surface area contributed by atoms with E-state index in [0.717, 1.165) is 5.69 Å². The van der Waals surface area contributed by atoms with Gasteiger partial charge in [0, 0.05) is 23.8 Å². The summed E-state index contributed by atoms with van der Waals surface area (Å²) < 4.78 is 0. The topological polar surface area (TPSA) is 88.4 Å². The molecule has 17 heavy (non-hydrogen) atoms. The number of hydrazone groups is 1. The minimum absolute atomic E-state index is 0.273. The van der Waals surface area contributed by atoms with Crippen molar-refractivity contribution in [2.24, 2.45) is 10.2 Å². The predicted molar refractivity (Wildman–Crippen MR) is 65.6 cm³/mol. The predicted octanol–water partition coefficient (Wildman–Crippen LogP) is 2.01. The maximum absolute atomic E-state index is 8.45. The van der Waals surface area contributed by atoms with Crippen molar-refractivity contribution < 1.29 is 0 Å². The number of hydrogen-bond donors (Lipinski definition) is 2. The van der Waals surface area contributed by atoms with Crippen LogP contribution in [-0.2, 0) is 0 Å². The van der Waals surface area contributed by atoms with Crippen molar-refractivity contribution in [1.29, 1.82) is 0 Å². The number of amidine groups is 1. The van der Waals surface area contributed by atoms with Crippen LogP contribution in [0.5, 0.6) is 0 Å². The first-order valence-electron chi connectivity index (χ1n) is 4.95. The monoisotopic (exact) mass is 229 g/mol. The van der Waals surface area contributed by atoms with Crippen molar-refractivity contribution in [3.8, 4) is 0 Å². The van der Waals surface area contributed by atoms with E-state index in [4.69, 9.17) is 5.53 Å². The van der Waals surface area contributed by atoms with Gasteiger partial charge >= 0.3 is 0 Å². The van der Waals surface area contributed by atoms with E-state index in [1.807, 2.05) is 30.3 Å². The van der Waals surface area contributed by atoms with Gasteiger partial charge in [0.2, 0.25) is 0 Å². The van der Waals surface area contributed by atoms with E-state index < -0.39 is 0 Å². The molecule has 1 aromatic rings. The highest BCUT2D eigenvalue weighted by Crippen LogP contribution is 2.12. The SMILES string of the molecule is CN1C=C(Nc2ccccc2)C(N=[N+]=[N-])=NN1. The van der Waals surface area contributed by atoms with Gasteiger partial charge in [-0.2, -0.15) is 5.10 Å². The molecule has 2 rings (SSSR count). The molecule has 0 saturated heterocycles. The third-order valence-electron chi connectivity index (χ3n) is 2.07. The number of hydrazine groups is 1. The first-order valence-corrected chi connectivity index (χ1v) is 4.95. The third kappa shape index (κ3) is 2.67. The summed E-state index contributed by atoms with van der Waals surface area (Å²) in [6, 6.07) is 9.58. The van der Waals surface area contributed by atoms with E-state index in [0.29, 0.717) is 5.70 Å². The summed E-state index contributed by atoms with van der Waals surface area (Å²) >= 11 is 0. The highest BCUT2D eigenvalue weighted by atomic mass is 15.7. The fourth-order valence-electron chi connectivity index (χ4n) is 1.35. The highest BCUT2D eigenvalue weighted by molar-refractivity contribution is 6.01. The number of benzene rings is 1. The van der Waals surface area contributed by atoms with Crippen LogP contribution in [0.25, 0.3) is 10.4 Å². The zero-order chi connectivity index (χ0) is 12.1. The molecule has 0 saturated carbocycles. The Morgan fingerprint density at radius 1 is 1.41 bits per heavy atom. The van der Waals surface area contributed by atoms with Crippen molar-refractivity contribution in [3.63, 3.8) is 0 Å². The van der Waals surface area contributed by atoms with Crippen molar-refractivity contribution >= 4 is 11.5 Å². The lowest BCUT2D eigenvalue weighted by Gasteiger charge is -2.21. The Labute approximate surface area is 98.0 Å².